The molecule has 7 heteroatoms. The summed E-state index contributed by atoms with van der Waals surface area (Å²) in [6, 6.07) is 13.2. The van der Waals surface area contributed by atoms with Crippen molar-refractivity contribution in [3.63, 3.8) is 0 Å². The summed E-state index contributed by atoms with van der Waals surface area (Å²) < 4.78 is 5.00. The number of benzene rings is 2. The van der Waals surface area contributed by atoms with E-state index in [0.29, 0.717) is 29.7 Å². The van der Waals surface area contributed by atoms with Gasteiger partial charge in [-0.25, -0.2) is 9.69 Å². The van der Waals surface area contributed by atoms with Crippen LogP contribution in [0.4, 0.5) is 11.4 Å². The molecule has 2 amide bonds. The van der Waals surface area contributed by atoms with Gasteiger partial charge >= 0.3 is 5.97 Å². The van der Waals surface area contributed by atoms with E-state index in [9.17, 15) is 19.5 Å². The first-order valence-electron chi connectivity index (χ1n) is 9.69. The quantitative estimate of drug-likeness (QED) is 0.242. The van der Waals surface area contributed by atoms with Gasteiger partial charge in [0.25, 0.3) is 11.8 Å². The van der Waals surface area contributed by atoms with Crippen LogP contribution in [-0.2, 0) is 9.53 Å². The molecule has 0 aromatic heterocycles. The molecular weight excluding hydrogens is 384 g/mol. The van der Waals surface area contributed by atoms with Crippen molar-refractivity contribution in [2.45, 2.75) is 26.7 Å². The van der Waals surface area contributed by atoms with Gasteiger partial charge in [0.15, 0.2) is 0 Å². The van der Waals surface area contributed by atoms with E-state index in [2.05, 4.69) is 4.99 Å². The Morgan fingerprint density at radius 1 is 1.03 bits per heavy atom. The summed E-state index contributed by atoms with van der Waals surface area (Å²) in [5.74, 6) is -1.69. The number of aliphatic hydroxyl groups is 1. The number of amides is 2. The molecule has 0 radical (unpaired) electrons. The van der Waals surface area contributed by atoms with Crippen LogP contribution >= 0.6 is 0 Å². The van der Waals surface area contributed by atoms with Crippen LogP contribution in [0.25, 0.3) is 0 Å². The molecule has 0 saturated carbocycles. The highest BCUT2D eigenvalue weighted by Crippen LogP contribution is 2.34. The molecule has 1 N–H and O–H groups in total. The molecule has 0 saturated heterocycles. The number of carbonyl (C=O) groups excluding carboxylic acids is 3. The highest BCUT2D eigenvalue weighted by molar-refractivity contribution is 6.35. The fourth-order valence-electron chi connectivity index (χ4n) is 3.13. The summed E-state index contributed by atoms with van der Waals surface area (Å²) in [5.41, 5.74) is 1.19. The Labute approximate surface area is 174 Å². The largest absolute Gasteiger partial charge is 0.511 e. The Balaban J connectivity index is 2.00. The average molecular weight is 406 g/mol. The molecule has 1 aliphatic rings. The van der Waals surface area contributed by atoms with E-state index >= 15 is 0 Å². The van der Waals surface area contributed by atoms with Crippen molar-refractivity contribution in [2.75, 3.05) is 11.5 Å². The van der Waals surface area contributed by atoms with Crippen molar-refractivity contribution in [1.29, 1.82) is 0 Å². The summed E-state index contributed by atoms with van der Waals surface area (Å²) in [6.45, 7) is 3.69. The number of rotatable bonds is 7. The van der Waals surface area contributed by atoms with E-state index in [1.54, 1.807) is 55.5 Å². The summed E-state index contributed by atoms with van der Waals surface area (Å²) in [4.78, 5) is 43.2. The zero-order valence-corrected chi connectivity index (χ0v) is 16.8. The molecule has 0 unspecified atom stereocenters. The zero-order chi connectivity index (χ0) is 21.7. The van der Waals surface area contributed by atoms with Gasteiger partial charge < -0.3 is 9.84 Å². The maximum absolute atomic E-state index is 12.8. The second kappa shape index (κ2) is 9.17. The van der Waals surface area contributed by atoms with Gasteiger partial charge in [-0.1, -0.05) is 31.2 Å². The number of nitrogens with zero attached hydrogens (tertiary/aromatic N) is 2. The smallest absolute Gasteiger partial charge is 0.343 e. The van der Waals surface area contributed by atoms with E-state index in [1.165, 1.54) is 6.21 Å². The number of aliphatic hydroxyl groups excluding tert-OH is 1. The monoisotopic (exact) mass is 406 g/mol. The Bertz CT molecular complexity index is 1020. The molecular formula is C23H22N2O5. The van der Waals surface area contributed by atoms with Crippen LogP contribution in [0, 0.1) is 0 Å². The maximum atomic E-state index is 12.8. The number of para-hydroxylation sites is 2. The van der Waals surface area contributed by atoms with Crippen LogP contribution in [0.1, 0.15) is 47.4 Å². The first-order chi connectivity index (χ1) is 14.5. The van der Waals surface area contributed by atoms with Crippen LogP contribution in [0.3, 0.4) is 0 Å². The highest BCUT2D eigenvalue weighted by Gasteiger charge is 2.37. The van der Waals surface area contributed by atoms with Gasteiger partial charge in [-0.2, -0.15) is 0 Å². The SMILES string of the molecule is CCC/C(O)=C(\C=Nc1ccccc1N1C(=O)c2ccccc2C1=O)C(=O)OCC. The molecule has 0 fully saturated rings. The Kier molecular flexibility index (Phi) is 6.41. The summed E-state index contributed by atoms with van der Waals surface area (Å²) in [5, 5.41) is 10.2. The first kappa shape index (κ1) is 21.0. The normalized spacial score (nSPS) is 14.1. The van der Waals surface area contributed by atoms with Crippen molar-refractivity contribution in [1.82, 2.24) is 0 Å². The topological polar surface area (TPSA) is 96.3 Å². The van der Waals surface area contributed by atoms with Gasteiger partial charge in [0.1, 0.15) is 11.3 Å². The lowest BCUT2D eigenvalue weighted by Gasteiger charge is -2.16. The van der Waals surface area contributed by atoms with Crippen LogP contribution in [0.15, 0.2) is 64.9 Å². The van der Waals surface area contributed by atoms with Crippen molar-refractivity contribution in [3.05, 3.63) is 71.0 Å². The highest BCUT2D eigenvalue weighted by atomic mass is 16.5. The van der Waals surface area contributed by atoms with Crippen molar-refractivity contribution in [2.24, 2.45) is 4.99 Å². The number of ether oxygens (including phenoxy) is 1. The number of fused-ring (bicyclic) bond motifs is 1. The fraction of sp³-hybridized carbons (Fsp3) is 0.217. The standard InChI is InChI=1S/C23H22N2O5/c1-3-9-20(26)17(23(29)30-4-2)14-24-18-12-7-8-13-19(18)25-21(27)15-10-5-6-11-16(15)22(25)28/h5-8,10-14,26H,3-4,9H2,1-2H3/b20-17-,24-14?. The van der Waals surface area contributed by atoms with Crippen molar-refractivity contribution >= 4 is 35.4 Å². The third kappa shape index (κ3) is 4.00. The molecule has 3 rings (SSSR count). The van der Waals surface area contributed by atoms with Crippen LogP contribution in [0.5, 0.6) is 0 Å². The number of hydrogen-bond donors (Lipinski definition) is 1. The van der Waals surface area contributed by atoms with E-state index in [4.69, 9.17) is 4.74 Å². The number of hydrogen-bond acceptors (Lipinski definition) is 6. The molecule has 7 nitrogen and oxygen atoms in total. The number of carbonyl (C=O) groups is 3. The average Bonchev–Trinajstić information content (AvgIpc) is 2.99. The Morgan fingerprint density at radius 2 is 1.63 bits per heavy atom. The zero-order valence-electron chi connectivity index (χ0n) is 16.8. The lowest BCUT2D eigenvalue weighted by molar-refractivity contribution is -0.138. The molecule has 2 aromatic rings. The minimum absolute atomic E-state index is 0.0594. The summed E-state index contributed by atoms with van der Waals surface area (Å²) in [6.07, 6.45) is 2.13. The second-order valence-electron chi connectivity index (χ2n) is 6.57. The summed E-state index contributed by atoms with van der Waals surface area (Å²) >= 11 is 0. The van der Waals surface area contributed by atoms with E-state index in [0.717, 1.165) is 4.90 Å². The number of anilines is 1. The lowest BCUT2D eigenvalue weighted by atomic mass is 10.1. The molecule has 0 aliphatic carbocycles. The number of esters is 1. The molecule has 0 atom stereocenters. The third-order valence-corrected chi connectivity index (χ3v) is 4.54. The first-order valence-corrected chi connectivity index (χ1v) is 9.69. The predicted molar refractivity (Wildman–Crippen MR) is 113 cm³/mol. The predicted octanol–water partition coefficient (Wildman–Crippen LogP) is 4.36. The van der Waals surface area contributed by atoms with Crippen LogP contribution in [0.2, 0.25) is 0 Å². The van der Waals surface area contributed by atoms with Crippen LogP contribution in [-0.4, -0.2) is 35.7 Å². The number of imide groups is 1. The van der Waals surface area contributed by atoms with Crippen molar-refractivity contribution in [3.8, 4) is 0 Å². The molecule has 0 spiro atoms. The van der Waals surface area contributed by atoms with E-state index in [-0.39, 0.29) is 23.6 Å². The molecule has 0 bridgehead atoms. The van der Waals surface area contributed by atoms with Gasteiger partial charge in [-0.05, 0) is 37.6 Å². The van der Waals surface area contributed by atoms with E-state index < -0.39 is 17.8 Å². The summed E-state index contributed by atoms with van der Waals surface area (Å²) in [7, 11) is 0. The van der Waals surface area contributed by atoms with Gasteiger partial charge in [0.05, 0.1) is 29.1 Å². The van der Waals surface area contributed by atoms with Crippen LogP contribution < -0.4 is 4.90 Å². The van der Waals surface area contributed by atoms with Crippen molar-refractivity contribution < 1.29 is 24.2 Å². The third-order valence-electron chi connectivity index (χ3n) is 4.54. The molecule has 1 heterocycles. The number of allylic oxidation sites excluding steroid dienone is 1. The Morgan fingerprint density at radius 3 is 2.23 bits per heavy atom. The van der Waals surface area contributed by atoms with E-state index in [1.807, 2.05) is 6.92 Å². The second-order valence-corrected chi connectivity index (χ2v) is 6.57. The number of aliphatic imine (C=N–C) groups is 1. The van der Waals surface area contributed by atoms with Gasteiger partial charge in [-0.3, -0.25) is 14.6 Å². The fourth-order valence-corrected chi connectivity index (χ4v) is 3.13. The lowest BCUT2D eigenvalue weighted by Crippen LogP contribution is -2.29. The van der Waals surface area contributed by atoms with Gasteiger partial charge in [-0.15, -0.1) is 0 Å². The van der Waals surface area contributed by atoms with Gasteiger partial charge in [0.2, 0.25) is 0 Å². The molecule has 154 valence electrons. The molecule has 2 aromatic carbocycles. The minimum atomic E-state index is -0.689. The molecule has 1 aliphatic heterocycles. The molecule has 30 heavy (non-hydrogen) atoms. The Hall–Kier alpha value is -3.74. The maximum Gasteiger partial charge on any atom is 0.343 e. The van der Waals surface area contributed by atoms with Gasteiger partial charge in [0, 0.05) is 12.6 Å². The minimum Gasteiger partial charge on any atom is -0.511 e.